The Hall–Kier alpha value is -2.50. The van der Waals surface area contributed by atoms with Crippen LogP contribution in [0.3, 0.4) is 0 Å². The lowest BCUT2D eigenvalue weighted by molar-refractivity contribution is 0.696. The normalized spacial score (nSPS) is 11.0. The molecule has 9 heteroatoms. The molecule has 3 rings (SSSR count). The number of benzene rings is 1. The molecular formula is C17H16ClN5O2S. The van der Waals surface area contributed by atoms with Gasteiger partial charge in [0.15, 0.2) is 16.3 Å². The highest BCUT2D eigenvalue weighted by Gasteiger charge is 2.20. The van der Waals surface area contributed by atoms with Gasteiger partial charge >= 0.3 is 5.69 Å². The summed E-state index contributed by atoms with van der Waals surface area (Å²) in [6, 6.07) is 9.46. The van der Waals surface area contributed by atoms with Gasteiger partial charge in [0.1, 0.15) is 0 Å². The molecule has 0 aliphatic heterocycles. The topological polar surface area (TPSA) is 85.6 Å². The second-order valence-corrected chi connectivity index (χ2v) is 7.18. The van der Waals surface area contributed by atoms with Crippen molar-refractivity contribution in [1.82, 2.24) is 18.7 Å². The van der Waals surface area contributed by atoms with E-state index in [2.05, 4.69) is 11.1 Å². The van der Waals surface area contributed by atoms with Crippen molar-refractivity contribution in [3.05, 3.63) is 55.7 Å². The van der Waals surface area contributed by atoms with Gasteiger partial charge in [0.05, 0.1) is 12.6 Å². The Morgan fingerprint density at radius 1 is 1.23 bits per heavy atom. The van der Waals surface area contributed by atoms with Gasteiger partial charge in [0, 0.05) is 31.3 Å². The number of hydrogen-bond acceptors (Lipinski definition) is 5. The number of thioether (sulfide) groups is 1. The molecule has 0 aliphatic carbocycles. The van der Waals surface area contributed by atoms with Crippen LogP contribution in [0.5, 0.6) is 0 Å². The number of halogens is 1. The molecule has 0 saturated carbocycles. The molecule has 0 saturated heterocycles. The molecule has 0 spiro atoms. The molecule has 0 atom stereocenters. The number of imidazole rings is 1. The fourth-order valence-electron chi connectivity index (χ4n) is 2.67. The molecular weight excluding hydrogens is 374 g/mol. The standard InChI is InChI=1S/C17H16ClN5O2S/c1-21-14-13(15(24)22(2)17(21)25)23(16(20-14)26-9-5-8-19)10-11-6-3-4-7-12(11)18/h3-4,6-7H,5,9-10H2,1-2H3. The van der Waals surface area contributed by atoms with Crippen LogP contribution in [0, 0.1) is 11.3 Å². The van der Waals surface area contributed by atoms with Crippen molar-refractivity contribution in [2.45, 2.75) is 18.1 Å². The summed E-state index contributed by atoms with van der Waals surface area (Å²) >= 11 is 7.65. The van der Waals surface area contributed by atoms with Gasteiger partial charge in [0.25, 0.3) is 5.56 Å². The minimum absolute atomic E-state index is 0.324. The van der Waals surface area contributed by atoms with E-state index >= 15 is 0 Å². The lowest BCUT2D eigenvalue weighted by atomic mass is 10.2. The second-order valence-electron chi connectivity index (χ2n) is 5.71. The van der Waals surface area contributed by atoms with Crippen LogP contribution < -0.4 is 11.2 Å². The van der Waals surface area contributed by atoms with Gasteiger partial charge in [-0.3, -0.25) is 13.9 Å². The SMILES string of the molecule is Cn1c(=O)c2c(nc(SCCC#N)n2Cc2ccccc2Cl)n(C)c1=O. The van der Waals surface area contributed by atoms with Crippen molar-refractivity contribution in [3.63, 3.8) is 0 Å². The summed E-state index contributed by atoms with van der Waals surface area (Å²) in [5.41, 5.74) is 0.665. The highest BCUT2D eigenvalue weighted by molar-refractivity contribution is 7.99. The third kappa shape index (κ3) is 3.16. The van der Waals surface area contributed by atoms with Crippen LogP contribution in [0.1, 0.15) is 12.0 Å². The molecule has 0 aliphatic rings. The van der Waals surface area contributed by atoms with E-state index in [9.17, 15) is 9.59 Å². The lowest BCUT2D eigenvalue weighted by Crippen LogP contribution is -2.37. The van der Waals surface area contributed by atoms with Crippen LogP contribution in [0.2, 0.25) is 5.02 Å². The number of nitrogens with zero attached hydrogens (tertiary/aromatic N) is 5. The molecule has 1 aromatic carbocycles. The van der Waals surface area contributed by atoms with Gasteiger partial charge < -0.3 is 4.57 Å². The van der Waals surface area contributed by atoms with E-state index in [1.807, 2.05) is 18.2 Å². The number of nitriles is 1. The average molecular weight is 390 g/mol. The van der Waals surface area contributed by atoms with Crippen LogP contribution in [0.4, 0.5) is 0 Å². The molecule has 134 valence electrons. The third-order valence-corrected chi connectivity index (χ3v) is 5.39. The zero-order chi connectivity index (χ0) is 18.8. The maximum Gasteiger partial charge on any atom is 0.332 e. The van der Waals surface area contributed by atoms with Crippen LogP contribution in [-0.2, 0) is 20.6 Å². The van der Waals surface area contributed by atoms with Crippen LogP contribution >= 0.6 is 23.4 Å². The fourth-order valence-corrected chi connectivity index (χ4v) is 3.70. The molecule has 3 aromatic rings. The summed E-state index contributed by atoms with van der Waals surface area (Å²) in [6.07, 6.45) is 0.358. The third-order valence-electron chi connectivity index (χ3n) is 4.04. The number of fused-ring (bicyclic) bond motifs is 1. The maximum absolute atomic E-state index is 12.7. The summed E-state index contributed by atoms with van der Waals surface area (Å²) in [7, 11) is 3.03. The van der Waals surface area contributed by atoms with E-state index < -0.39 is 11.2 Å². The van der Waals surface area contributed by atoms with Gasteiger partial charge in [-0.1, -0.05) is 41.6 Å². The largest absolute Gasteiger partial charge is 0.332 e. The minimum Gasteiger partial charge on any atom is -0.309 e. The van der Waals surface area contributed by atoms with Gasteiger partial charge in [-0.05, 0) is 11.6 Å². The van der Waals surface area contributed by atoms with Crippen molar-refractivity contribution in [2.24, 2.45) is 14.1 Å². The van der Waals surface area contributed by atoms with Crippen molar-refractivity contribution in [3.8, 4) is 6.07 Å². The Morgan fingerprint density at radius 3 is 2.65 bits per heavy atom. The fraction of sp³-hybridized carbons (Fsp3) is 0.294. The van der Waals surface area contributed by atoms with Crippen molar-refractivity contribution >= 4 is 34.5 Å². The zero-order valence-corrected chi connectivity index (χ0v) is 15.8. The monoisotopic (exact) mass is 389 g/mol. The molecule has 0 N–H and O–H groups in total. The molecule has 0 fully saturated rings. The van der Waals surface area contributed by atoms with Crippen LogP contribution in [0.25, 0.3) is 11.2 Å². The smallest absolute Gasteiger partial charge is 0.309 e. The number of rotatable bonds is 5. The predicted octanol–water partition coefficient (Wildman–Crippen LogP) is 2.14. The van der Waals surface area contributed by atoms with E-state index in [0.717, 1.165) is 10.1 Å². The van der Waals surface area contributed by atoms with E-state index in [4.69, 9.17) is 16.9 Å². The number of hydrogen-bond donors (Lipinski definition) is 0. The maximum atomic E-state index is 12.7. The lowest BCUT2D eigenvalue weighted by Gasteiger charge is -2.10. The molecule has 2 aromatic heterocycles. The summed E-state index contributed by atoms with van der Waals surface area (Å²) in [5.74, 6) is 0.538. The van der Waals surface area contributed by atoms with Gasteiger partial charge in [0.2, 0.25) is 0 Å². The van der Waals surface area contributed by atoms with E-state index in [0.29, 0.717) is 40.1 Å². The van der Waals surface area contributed by atoms with Gasteiger partial charge in [-0.2, -0.15) is 5.26 Å². The van der Waals surface area contributed by atoms with Crippen LogP contribution in [-0.4, -0.2) is 24.4 Å². The summed E-state index contributed by atoms with van der Waals surface area (Å²) in [5, 5.41) is 9.94. The Balaban J connectivity index is 2.25. The summed E-state index contributed by atoms with van der Waals surface area (Å²) in [6.45, 7) is 0.346. The Bertz CT molecular complexity index is 1140. The average Bonchev–Trinajstić information content (AvgIpc) is 2.99. The first kappa shape index (κ1) is 18.3. The first-order valence-corrected chi connectivity index (χ1v) is 9.21. The zero-order valence-electron chi connectivity index (χ0n) is 14.3. The first-order chi connectivity index (χ1) is 12.5. The van der Waals surface area contributed by atoms with E-state index in [1.165, 1.54) is 23.4 Å². The van der Waals surface area contributed by atoms with Gasteiger partial charge in [-0.25, -0.2) is 9.78 Å². The Labute approximate surface area is 158 Å². The second kappa shape index (κ2) is 7.40. The minimum atomic E-state index is -0.432. The Morgan fingerprint density at radius 2 is 1.96 bits per heavy atom. The van der Waals surface area contributed by atoms with E-state index in [1.54, 1.807) is 17.7 Å². The highest BCUT2D eigenvalue weighted by Crippen LogP contribution is 2.25. The molecule has 7 nitrogen and oxygen atoms in total. The highest BCUT2D eigenvalue weighted by atomic mass is 35.5. The summed E-state index contributed by atoms with van der Waals surface area (Å²) in [4.78, 5) is 29.4. The van der Waals surface area contributed by atoms with Gasteiger partial charge in [-0.15, -0.1) is 0 Å². The number of aromatic nitrogens is 4. The van der Waals surface area contributed by atoms with Crippen molar-refractivity contribution < 1.29 is 0 Å². The van der Waals surface area contributed by atoms with Crippen molar-refractivity contribution in [2.75, 3.05) is 5.75 Å². The first-order valence-electron chi connectivity index (χ1n) is 7.85. The Kier molecular flexibility index (Phi) is 5.20. The summed E-state index contributed by atoms with van der Waals surface area (Å²) < 4.78 is 4.19. The number of aryl methyl sites for hydroxylation is 1. The molecule has 0 unspecified atom stereocenters. The van der Waals surface area contributed by atoms with Crippen molar-refractivity contribution in [1.29, 1.82) is 5.26 Å². The quantitative estimate of drug-likeness (QED) is 0.493. The van der Waals surface area contributed by atoms with E-state index in [-0.39, 0.29) is 0 Å². The predicted molar refractivity (Wildman–Crippen MR) is 102 cm³/mol. The molecule has 0 radical (unpaired) electrons. The van der Waals surface area contributed by atoms with Crippen LogP contribution in [0.15, 0.2) is 39.0 Å². The molecule has 26 heavy (non-hydrogen) atoms. The molecule has 0 amide bonds. The molecule has 0 bridgehead atoms. The molecule has 2 heterocycles.